The van der Waals surface area contributed by atoms with Crippen molar-refractivity contribution in [2.75, 3.05) is 39.2 Å². The monoisotopic (exact) mass is 496 g/mol. The number of nitrogens with zero attached hydrogens (tertiary/aromatic N) is 2. The maximum Gasteiger partial charge on any atom is 0.319 e. The number of methoxy groups -OCH3 is 1. The van der Waals surface area contributed by atoms with E-state index in [1.807, 2.05) is 19.9 Å². The fraction of sp³-hybridized carbons (Fsp3) is 0.500. The summed E-state index contributed by atoms with van der Waals surface area (Å²) in [6, 6.07) is 15.3. The van der Waals surface area contributed by atoms with E-state index in [-0.39, 0.29) is 36.0 Å². The van der Waals surface area contributed by atoms with Crippen molar-refractivity contribution in [1.82, 2.24) is 15.1 Å². The van der Waals surface area contributed by atoms with E-state index < -0.39 is 0 Å². The van der Waals surface area contributed by atoms with E-state index in [4.69, 9.17) is 9.47 Å². The minimum absolute atomic E-state index is 0.00772. The molecule has 0 unspecified atom stereocenters. The van der Waals surface area contributed by atoms with Crippen LogP contribution in [0.3, 0.4) is 0 Å². The Labute approximate surface area is 214 Å². The van der Waals surface area contributed by atoms with Crippen LogP contribution in [-0.2, 0) is 11.3 Å². The minimum atomic E-state index is -0.305. The van der Waals surface area contributed by atoms with Gasteiger partial charge in [0.25, 0.3) is 5.91 Å². The first kappa shape index (κ1) is 27.5. The SMILES string of the molecule is CO[C@@H]1CN(C)C(=O)c2ccc(NC(=O)NC(C)C)cc2OC[C@H](C)N(Cc2ccccc2)C[C@@H]1C. The number of carbonyl (C=O) groups excluding carboxylic acids is 2. The lowest BCUT2D eigenvalue weighted by Gasteiger charge is -2.36. The minimum Gasteiger partial charge on any atom is -0.491 e. The summed E-state index contributed by atoms with van der Waals surface area (Å²) in [6.07, 6.45) is -0.117. The van der Waals surface area contributed by atoms with Crippen LogP contribution in [0.4, 0.5) is 10.5 Å². The highest BCUT2D eigenvalue weighted by atomic mass is 16.5. The van der Waals surface area contributed by atoms with Crippen LogP contribution in [0.2, 0.25) is 0 Å². The van der Waals surface area contributed by atoms with Crippen LogP contribution in [-0.4, -0.2) is 73.8 Å². The highest BCUT2D eigenvalue weighted by Gasteiger charge is 2.28. The number of hydrogen-bond donors (Lipinski definition) is 2. The zero-order valence-corrected chi connectivity index (χ0v) is 22.3. The Morgan fingerprint density at radius 2 is 1.86 bits per heavy atom. The molecule has 196 valence electrons. The third kappa shape index (κ3) is 7.45. The van der Waals surface area contributed by atoms with Gasteiger partial charge in [0.2, 0.25) is 0 Å². The molecule has 8 heteroatoms. The first-order valence-corrected chi connectivity index (χ1v) is 12.6. The molecule has 2 aromatic rings. The molecule has 1 heterocycles. The number of ether oxygens (including phenoxy) is 2. The Bertz CT molecular complexity index is 1010. The van der Waals surface area contributed by atoms with E-state index in [1.54, 1.807) is 37.3 Å². The average molecular weight is 497 g/mol. The van der Waals surface area contributed by atoms with Gasteiger partial charge < -0.3 is 25.0 Å². The third-order valence-electron chi connectivity index (χ3n) is 6.48. The molecule has 3 rings (SSSR count). The molecule has 0 saturated heterocycles. The van der Waals surface area contributed by atoms with E-state index in [0.29, 0.717) is 30.2 Å². The van der Waals surface area contributed by atoms with Gasteiger partial charge in [-0.05, 0) is 44.4 Å². The molecule has 0 saturated carbocycles. The number of likely N-dealkylation sites (N-methyl/N-ethyl adjacent to an activating group) is 1. The molecule has 2 N–H and O–H groups in total. The molecule has 0 spiro atoms. The van der Waals surface area contributed by atoms with Gasteiger partial charge in [0.15, 0.2) is 0 Å². The predicted octanol–water partition coefficient (Wildman–Crippen LogP) is 4.22. The van der Waals surface area contributed by atoms with Crippen LogP contribution in [0.25, 0.3) is 0 Å². The Morgan fingerprint density at radius 1 is 1.14 bits per heavy atom. The maximum absolute atomic E-state index is 13.4. The molecule has 0 aromatic heterocycles. The van der Waals surface area contributed by atoms with E-state index in [2.05, 4.69) is 53.6 Å². The van der Waals surface area contributed by atoms with E-state index in [1.165, 1.54) is 5.56 Å². The zero-order valence-electron chi connectivity index (χ0n) is 22.3. The molecule has 1 aliphatic rings. The molecular formula is C28H40N4O4. The summed E-state index contributed by atoms with van der Waals surface area (Å²) >= 11 is 0. The van der Waals surface area contributed by atoms with Crippen molar-refractivity contribution in [3.63, 3.8) is 0 Å². The van der Waals surface area contributed by atoms with Gasteiger partial charge in [0, 0.05) is 57.6 Å². The zero-order chi connectivity index (χ0) is 26.2. The molecule has 0 fully saturated rings. The van der Waals surface area contributed by atoms with Crippen molar-refractivity contribution in [2.45, 2.75) is 52.4 Å². The quantitative estimate of drug-likeness (QED) is 0.648. The van der Waals surface area contributed by atoms with E-state index in [0.717, 1.165) is 13.1 Å². The number of fused-ring (bicyclic) bond motifs is 1. The molecule has 3 atom stereocenters. The summed E-state index contributed by atoms with van der Waals surface area (Å²) in [4.78, 5) is 29.7. The third-order valence-corrected chi connectivity index (χ3v) is 6.48. The lowest BCUT2D eigenvalue weighted by molar-refractivity contribution is 0.00922. The van der Waals surface area contributed by atoms with Crippen LogP contribution in [0, 0.1) is 5.92 Å². The fourth-order valence-electron chi connectivity index (χ4n) is 4.39. The van der Waals surface area contributed by atoms with Gasteiger partial charge >= 0.3 is 6.03 Å². The van der Waals surface area contributed by atoms with Gasteiger partial charge in [-0.25, -0.2) is 4.79 Å². The van der Waals surface area contributed by atoms with Crippen LogP contribution < -0.4 is 15.4 Å². The molecule has 2 aromatic carbocycles. The fourth-order valence-corrected chi connectivity index (χ4v) is 4.39. The van der Waals surface area contributed by atoms with Crippen molar-refractivity contribution in [1.29, 1.82) is 0 Å². The predicted molar refractivity (Wildman–Crippen MR) is 142 cm³/mol. The molecule has 0 radical (unpaired) electrons. The molecule has 1 aliphatic heterocycles. The average Bonchev–Trinajstić information content (AvgIpc) is 2.84. The van der Waals surface area contributed by atoms with Gasteiger partial charge in [-0.2, -0.15) is 0 Å². The Balaban J connectivity index is 1.91. The van der Waals surface area contributed by atoms with Crippen molar-refractivity contribution in [2.24, 2.45) is 5.92 Å². The van der Waals surface area contributed by atoms with Crippen LogP contribution in [0.15, 0.2) is 48.5 Å². The Morgan fingerprint density at radius 3 is 2.53 bits per heavy atom. The lowest BCUT2D eigenvalue weighted by Crippen LogP contribution is -2.46. The summed E-state index contributed by atoms with van der Waals surface area (Å²) in [5, 5.41) is 5.63. The highest BCUT2D eigenvalue weighted by molar-refractivity contribution is 5.98. The molecule has 3 amide bonds. The summed E-state index contributed by atoms with van der Waals surface area (Å²) in [5.41, 5.74) is 2.25. The topological polar surface area (TPSA) is 83.1 Å². The van der Waals surface area contributed by atoms with Gasteiger partial charge in [0.05, 0.1) is 11.7 Å². The number of nitrogens with one attached hydrogen (secondary N) is 2. The summed E-state index contributed by atoms with van der Waals surface area (Å²) < 4.78 is 12.1. The number of anilines is 1. The van der Waals surface area contributed by atoms with Crippen molar-refractivity contribution in [3.8, 4) is 5.75 Å². The van der Waals surface area contributed by atoms with Crippen LogP contribution >= 0.6 is 0 Å². The van der Waals surface area contributed by atoms with Crippen molar-refractivity contribution in [3.05, 3.63) is 59.7 Å². The lowest BCUT2D eigenvalue weighted by atomic mass is 10.0. The molecule has 8 nitrogen and oxygen atoms in total. The van der Waals surface area contributed by atoms with Crippen molar-refractivity contribution < 1.29 is 19.1 Å². The first-order valence-electron chi connectivity index (χ1n) is 12.6. The molecule has 0 aliphatic carbocycles. The first-order chi connectivity index (χ1) is 17.2. The number of rotatable bonds is 5. The smallest absolute Gasteiger partial charge is 0.319 e. The second-order valence-corrected chi connectivity index (χ2v) is 9.98. The number of benzene rings is 2. The van der Waals surface area contributed by atoms with Gasteiger partial charge in [-0.3, -0.25) is 9.69 Å². The van der Waals surface area contributed by atoms with Gasteiger partial charge in [-0.15, -0.1) is 0 Å². The molecule has 36 heavy (non-hydrogen) atoms. The van der Waals surface area contributed by atoms with Crippen molar-refractivity contribution >= 4 is 17.6 Å². The normalized spacial score (nSPS) is 21.7. The van der Waals surface area contributed by atoms with Crippen LogP contribution in [0.5, 0.6) is 5.75 Å². The van der Waals surface area contributed by atoms with E-state index in [9.17, 15) is 9.59 Å². The summed E-state index contributed by atoms with van der Waals surface area (Å²) in [5.74, 6) is 0.497. The van der Waals surface area contributed by atoms with Gasteiger partial charge in [0.1, 0.15) is 12.4 Å². The second kappa shape index (κ2) is 12.7. The standard InChI is InChI=1S/C28H40N4O4/c1-19(2)29-28(34)30-23-12-13-24-25(14-23)36-18-21(4)32(16-22-10-8-7-9-11-22)15-20(3)26(35-6)17-31(5)27(24)33/h7-14,19-21,26H,15-18H2,1-6H3,(H2,29,30,34)/t20-,21-,26+/m0/s1. The summed E-state index contributed by atoms with van der Waals surface area (Å²) in [6.45, 7) is 10.5. The number of hydrogen-bond acceptors (Lipinski definition) is 5. The van der Waals surface area contributed by atoms with E-state index >= 15 is 0 Å². The number of urea groups is 1. The second-order valence-electron chi connectivity index (χ2n) is 9.98. The van der Waals surface area contributed by atoms with Crippen LogP contribution in [0.1, 0.15) is 43.6 Å². The maximum atomic E-state index is 13.4. The number of amides is 3. The highest BCUT2D eigenvalue weighted by Crippen LogP contribution is 2.27. The Hall–Kier alpha value is -3.10. The molecule has 0 bridgehead atoms. The Kier molecular flexibility index (Phi) is 9.73. The summed E-state index contributed by atoms with van der Waals surface area (Å²) in [7, 11) is 3.48. The van der Waals surface area contributed by atoms with Gasteiger partial charge in [-0.1, -0.05) is 37.3 Å². The number of carbonyl (C=O) groups is 2. The largest absolute Gasteiger partial charge is 0.491 e. The molecular weight excluding hydrogens is 456 g/mol.